The molecule has 2 aromatic rings. The summed E-state index contributed by atoms with van der Waals surface area (Å²) >= 11 is 0. The Morgan fingerprint density at radius 2 is 1.97 bits per heavy atom. The van der Waals surface area contributed by atoms with Crippen molar-refractivity contribution in [3.8, 4) is 11.5 Å². The van der Waals surface area contributed by atoms with E-state index in [1.165, 1.54) is 5.56 Å². The fourth-order valence-electron chi connectivity index (χ4n) is 4.33. The highest BCUT2D eigenvalue weighted by Crippen LogP contribution is 2.46. The topological polar surface area (TPSA) is 59.0 Å². The maximum atomic E-state index is 12.1. The van der Waals surface area contributed by atoms with Crippen molar-refractivity contribution in [2.24, 2.45) is 5.41 Å². The lowest BCUT2D eigenvalue weighted by Gasteiger charge is -2.29. The highest BCUT2D eigenvalue weighted by atomic mass is 16.5. The summed E-state index contributed by atoms with van der Waals surface area (Å²) in [5, 5.41) is 9.28. The standard InChI is InChI=1S/C25H33NO4/c1-4-25(2)18-26(24(28)17-27)16-21(25)20-12-13-22(29-3)23(15-20)30-14-8-11-19-9-6-5-7-10-19/h5-7,9-10,12-13,15,21,27H,4,8,11,14,16-18H2,1-3H3. The summed E-state index contributed by atoms with van der Waals surface area (Å²) in [6.07, 6.45) is 2.84. The minimum atomic E-state index is -0.440. The van der Waals surface area contributed by atoms with Crippen LogP contribution in [0.3, 0.4) is 0 Å². The minimum absolute atomic E-state index is 0.0377. The van der Waals surface area contributed by atoms with E-state index in [0.29, 0.717) is 19.7 Å². The summed E-state index contributed by atoms with van der Waals surface area (Å²) in [5.74, 6) is 1.45. The molecule has 0 aliphatic carbocycles. The number of aliphatic hydroxyl groups excluding tert-OH is 1. The number of methoxy groups -OCH3 is 1. The van der Waals surface area contributed by atoms with Crippen LogP contribution in [-0.4, -0.2) is 49.3 Å². The molecule has 1 fully saturated rings. The second kappa shape index (κ2) is 9.98. The predicted molar refractivity (Wildman–Crippen MR) is 118 cm³/mol. The van der Waals surface area contributed by atoms with Gasteiger partial charge in [-0.3, -0.25) is 4.79 Å². The zero-order valence-corrected chi connectivity index (χ0v) is 18.3. The van der Waals surface area contributed by atoms with E-state index in [1.54, 1.807) is 12.0 Å². The van der Waals surface area contributed by atoms with Crippen LogP contribution in [0.2, 0.25) is 0 Å². The number of benzene rings is 2. The molecule has 1 aliphatic heterocycles. The van der Waals surface area contributed by atoms with Crippen LogP contribution in [0.15, 0.2) is 48.5 Å². The van der Waals surface area contributed by atoms with Crippen molar-refractivity contribution >= 4 is 5.91 Å². The zero-order chi connectivity index (χ0) is 21.6. The Hall–Kier alpha value is -2.53. The number of aryl methyl sites for hydroxylation is 1. The SMILES string of the molecule is CCC1(C)CN(C(=O)CO)CC1c1ccc(OC)c(OCCCc2ccccc2)c1. The van der Waals surface area contributed by atoms with Crippen LogP contribution >= 0.6 is 0 Å². The van der Waals surface area contributed by atoms with Gasteiger partial charge in [-0.2, -0.15) is 0 Å². The van der Waals surface area contributed by atoms with Gasteiger partial charge in [-0.05, 0) is 47.9 Å². The van der Waals surface area contributed by atoms with Gasteiger partial charge in [0.25, 0.3) is 0 Å². The van der Waals surface area contributed by atoms with Crippen LogP contribution in [0.1, 0.15) is 43.7 Å². The van der Waals surface area contributed by atoms with E-state index < -0.39 is 6.61 Å². The lowest BCUT2D eigenvalue weighted by molar-refractivity contribution is -0.133. The Labute approximate surface area is 179 Å². The molecule has 2 atom stereocenters. The molecule has 1 N–H and O–H groups in total. The van der Waals surface area contributed by atoms with E-state index in [4.69, 9.17) is 9.47 Å². The molecular weight excluding hydrogens is 378 g/mol. The van der Waals surface area contributed by atoms with Gasteiger partial charge in [-0.1, -0.05) is 50.2 Å². The Bertz CT molecular complexity index is 838. The first-order valence-corrected chi connectivity index (χ1v) is 10.7. The summed E-state index contributed by atoms with van der Waals surface area (Å²) in [6, 6.07) is 16.5. The molecule has 2 unspecified atom stereocenters. The molecule has 5 nitrogen and oxygen atoms in total. The number of nitrogens with zero attached hydrogens (tertiary/aromatic N) is 1. The lowest BCUT2D eigenvalue weighted by Crippen LogP contribution is -2.32. The zero-order valence-electron chi connectivity index (χ0n) is 18.3. The molecule has 0 radical (unpaired) electrons. The fraction of sp³-hybridized carbons (Fsp3) is 0.480. The van der Waals surface area contributed by atoms with Crippen molar-refractivity contribution in [2.45, 2.75) is 39.0 Å². The first-order chi connectivity index (χ1) is 14.5. The quantitative estimate of drug-likeness (QED) is 0.633. The van der Waals surface area contributed by atoms with Gasteiger partial charge >= 0.3 is 0 Å². The van der Waals surface area contributed by atoms with E-state index in [1.807, 2.05) is 12.1 Å². The van der Waals surface area contributed by atoms with Gasteiger partial charge in [-0.25, -0.2) is 0 Å². The van der Waals surface area contributed by atoms with Crippen LogP contribution in [0, 0.1) is 5.41 Å². The molecule has 0 aromatic heterocycles. The monoisotopic (exact) mass is 411 g/mol. The van der Waals surface area contributed by atoms with Gasteiger partial charge in [0.2, 0.25) is 5.91 Å². The van der Waals surface area contributed by atoms with E-state index in [-0.39, 0.29) is 17.2 Å². The molecule has 1 heterocycles. The van der Waals surface area contributed by atoms with Crippen molar-refractivity contribution in [1.29, 1.82) is 0 Å². The molecule has 30 heavy (non-hydrogen) atoms. The number of hydrogen-bond donors (Lipinski definition) is 1. The largest absolute Gasteiger partial charge is 0.493 e. The van der Waals surface area contributed by atoms with Crippen molar-refractivity contribution in [3.05, 3.63) is 59.7 Å². The van der Waals surface area contributed by atoms with Gasteiger partial charge in [0.15, 0.2) is 11.5 Å². The molecule has 1 saturated heterocycles. The second-order valence-corrected chi connectivity index (χ2v) is 8.34. The summed E-state index contributed by atoms with van der Waals surface area (Å²) in [4.78, 5) is 13.9. The highest BCUT2D eigenvalue weighted by molar-refractivity contribution is 5.77. The first kappa shape index (κ1) is 22.2. The predicted octanol–water partition coefficient (Wildman–Crippen LogP) is 4.04. The molecule has 1 aliphatic rings. The number of carbonyl (C=O) groups excluding carboxylic acids is 1. The maximum absolute atomic E-state index is 12.1. The molecule has 1 amide bonds. The highest BCUT2D eigenvalue weighted by Gasteiger charge is 2.44. The van der Waals surface area contributed by atoms with E-state index in [9.17, 15) is 9.90 Å². The summed E-state index contributed by atoms with van der Waals surface area (Å²) in [7, 11) is 1.65. The van der Waals surface area contributed by atoms with Crippen LogP contribution in [0.5, 0.6) is 11.5 Å². The van der Waals surface area contributed by atoms with E-state index in [0.717, 1.165) is 36.3 Å². The van der Waals surface area contributed by atoms with Crippen molar-refractivity contribution in [3.63, 3.8) is 0 Å². The maximum Gasteiger partial charge on any atom is 0.248 e. The van der Waals surface area contributed by atoms with E-state index in [2.05, 4.69) is 50.2 Å². The molecule has 2 aromatic carbocycles. The number of ether oxygens (including phenoxy) is 2. The molecule has 0 spiro atoms. The third-order valence-corrected chi connectivity index (χ3v) is 6.39. The van der Waals surface area contributed by atoms with Crippen LogP contribution in [0.4, 0.5) is 0 Å². The normalized spacial score (nSPS) is 20.9. The third kappa shape index (κ3) is 4.96. The minimum Gasteiger partial charge on any atom is -0.493 e. The van der Waals surface area contributed by atoms with Crippen LogP contribution < -0.4 is 9.47 Å². The smallest absolute Gasteiger partial charge is 0.248 e. The third-order valence-electron chi connectivity index (χ3n) is 6.39. The number of amides is 1. The Morgan fingerprint density at radius 3 is 2.63 bits per heavy atom. The Morgan fingerprint density at radius 1 is 1.20 bits per heavy atom. The first-order valence-electron chi connectivity index (χ1n) is 10.7. The summed E-state index contributed by atoms with van der Waals surface area (Å²) in [5.41, 5.74) is 2.41. The average molecular weight is 412 g/mol. The van der Waals surface area contributed by atoms with Gasteiger partial charge in [0, 0.05) is 19.0 Å². The fourth-order valence-corrected chi connectivity index (χ4v) is 4.33. The lowest BCUT2D eigenvalue weighted by atomic mass is 9.74. The van der Waals surface area contributed by atoms with Crippen molar-refractivity contribution in [1.82, 2.24) is 4.90 Å². The second-order valence-electron chi connectivity index (χ2n) is 8.34. The van der Waals surface area contributed by atoms with Crippen LogP contribution in [0.25, 0.3) is 0 Å². The van der Waals surface area contributed by atoms with Gasteiger partial charge < -0.3 is 19.5 Å². The number of aliphatic hydroxyl groups is 1. The van der Waals surface area contributed by atoms with Gasteiger partial charge in [-0.15, -0.1) is 0 Å². The van der Waals surface area contributed by atoms with Gasteiger partial charge in [0.1, 0.15) is 6.61 Å². The number of rotatable bonds is 9. The Kier molecular flexibility index (Phi) is 7.38. The van der Waals surface area contributed by atoms with Gasteiger partial charge in [0.05, 0.1) is 13.7 Å². The molecule has 5 heteroatoms. The van der Waals surface area contributed by atoms with E-state index >= 15 is 0 Å². The molecule has 0 saturated carbocycles. The van der Waals surface area contributed by atoms with Crippen LogP contribution in [-0.2, 0) is 11.2 Å². The molecule has 3 rings (SSSR count). The Balaban J connectivity index is 1.72. The number of carbonyl (C=O) groups is 1. The molecule has 0 bridgehead atoms. The van der Waals surface area contributed by atoms with Crippen molar-refractivity contribution < 1.29 is 19.4 Å². The van der Waals surface area contributed by atoms with Crippen molar-refractivity contribution in [2.75, 3.05) is 33.4 Å². The molecule has 162 valence electrons. The average Bonchev–Trinajstić information content (AvgIpc) is 3.15. The number of likely N-dealkylation sites (tertiary alicyclic amines) is 1. The number of hydrogen-bond acceptors (Lipinski definition) is 4. The summed E-state index contributed by atoms with van der Waals surface area (Å²) < 4.78 is 11.6. The summed E-state index contributed by atoms with van der Waals surface area (Å²) in [6.45, 7) is 5.82. The molecular formula is C25H33NO4.